The summed E-state index contributed by atoms with van der Waals surface area (Å²) in [5.74, 6) is 0.407. The smallest absolute Gasteiger partial charge is 0.371 e. The van der Waals surface area contributed by atoms with E-state index in [1.54, 1.807) is 18.2 Å². The van der Waals surface area contributed by atoms with Crippen molar-refractivity contribution in [3.05, 3.63) is 76.7 Å². The molecule has 0 amide bonds. The number of aromatic carboxylic acids is 1. The van der Waals surface area contributed by atoms with Crippen molar-refractivity contribution in [2.45, 2.75) is 69.6 Å². The van der Waals surface area contributed by atoms with E-state index >= 15 is 0 Å². The number of nitrogens with zero attached hydrogens (tertiary/aromatic N) is 4. The molecule has 9 nitrogen and oxygen atoms in total. The van der Waals surface area contributed by atoms with Crippen LogP contribution in [0.2, 0.25) is 0 Å². The summed E-state index contributed by atoms with van der Waals surface area (Å²) in [6.45, 7) is 1.41. The van der Waals surface area contributed by atoms with Crippen molar-refractivity contribution in [3.63, 3.8) is 0 Å². The molecule has 4 aromatic rings. The molecule has 7 rings (SSSR count). The summed E-state index contributed by atoms with van der Waals surface area (Å²) in [6.07, 6.45) is 6.25. The first-order valence-electron chi connectivity index (χ1n) is 14.1. The van der Waals surface area contributed by atoms with Crippen molar-refractivity contribution in [1.82, 2.24) is 14.5 Å². The molecule has 41 heavy (non-hydrogen) atoms. The van der Waals surface area contributed by atoms with Crippen LogP contribution in [0.25, 0.3) is 11.2 Å². The Bertz CT molecular complexity index is 1680. The third kappa shape index (κ3) is 4.74. The first-order valence-corrected chi connectivity index (χ1v) is 14.1. The number of carboxylic acids is 1. The van der Waals surface area contributed by atoms with Gasteiger partial charge in [-0.2, -0.15) is 5.26 Å². The van der Waals surface area contributed by atoms with Crippen molar-refractivity contribution in [3.8, 4) is 11.9 Å². The maximum Gasteiger partial charge on any atom is 0.371 e. The van der Waals surface area contributed by atoms with Crippen molar-refractivity contribution in [2.24, 2.45) is 5.41 Å². The molecule has 3 fully saturated rings. The largest absolute Gasteiger partial charge is 0.475 e. The molecule has 10 heteroatoms. The van der Waals surface area contributed by atoms with Gasteiger partial charge in [0.1, 0.15) is 23.8 Å². The highest BCUT2D eigenvalue weighted by Crippen LogP contribution is 2.67. The molecular weight excluding hydrogens is 527 g/mol. The van der Waals surface area contributed by atoms with Gasteiger partial charge >= 0.3 is 5.97 Å². The molecule has 1 saturated heterocycles. The normalized spacial score (nSPS) is 25.1. The van der Waals surface area contributed by atoms with Gasteiger partial charge < -0.3 is 19.0 Å². The third-order valence-electron chi connectivity index (χ3n) is 9.04. The van der Waals surface area contributed by atoms with E-state index in [1.165, 1.54) is 12.1 Å². The summed E-state index contributed by atoms with van der Waals surface area (Å²) in [4.78, 5) is 21.1. The molecule has 4 heterocycles. The van der Waals surface area contributed by atoms with Crippen LogP contribution in [0.4, 0.5) is 4.39 Å². The van der Waals surface area contributed by atoms with E-state index in [0.29, 0.717) is 41.1 Å². The molecule has 1 unspecified atom stereocenters. The van der Waals surface area contributed by atoms with Crippen molar-refractivity contribution >= 4 is 17.2 Å². The minimum Gasteiger partial charge on any atom is -0.475 e. The summed E-state index contributed by atoms with van der Waals surface area (Å²) >= 11 is 0. The number of aromatic nitrogens is 3. The number of rotatable bonds is 8. The van der Waals surface area contributed by atoms with Crippen LogP contribution in [0.5, 0.6) is 5.88 Å². The third-order valence-corrected chi connectivity index (χ3v) is 9.04. The molecule has 0 radical (unpaired) electrons. The van der Waals surface area contributed by atoms with Crippen LogP contribution in [0.15, 0.2) is 46.9 Å². The molecule has 3 aromatic heterocycles. The van der Waals surface area contributed by atoms with Crippen LogP contribution in [0, 0.1) is 22.6 Å². The zero-order valence-corrected chi connectivity index (χ0v) is 22.4. The van der Waals surface area contributed by atoms with E-state index in [-0.39, 0.29) is 29.4 Å². The van der Waals surface area contributed by atoms with E-state index in [9.17, 15) is 14.3 Å². The number of benzene rings is 1. The van der Waals surface area contributed by atoms with Gasteiger partial charge in [0.25, 0.3) is 0 Å². The number of pyridine rings is 1. The van der Waals surface area contributed by atoms with Gasteiger partial charge in [-0.1, -0.05) is 12.1 Å². The van der Waals surface area contributed by atoms with Gasteiger partial charge in [0.2, 0.25) is 17.4 Å². The number of carbonyl (C=O) groups is 1. The van der Waals surface area contributed by atoms with Crippen LogP contribution in [-0.4, -0.2) is 38.3 Å². The lowest BCUT2D eigenvalue weighted by Gasteiger charge is -2.30. The molecule has 2 atom stereocenters. The number of furan rings is 1. The Morgan fingerprint density at radius 2 is 2.02 bits per heavy atom. The van der Waals surface area contributed by atoms with Gasteiger partial charge in [-0.25, -0.2) is 19.2 Å². The zero-order chi connectivity index (χ0) is 28.1. The second-order valence-corrected chi connectivity index (χ2v) is 11.5. The van der Waals surface area contributed by atoms with Gasteiger partial charge in [0.15, 0.2) is 0 Å². The number of imidazole rings is 1. The maximum absolute atomic E-state index is 14.3. The molecule has 2 saturated carbocycles. The molecule has 1 aliphatic heterocycles. The number of nitriles is 1. The lowest BCUT2D eigenvalue weighted by Crippen LogP contribution is -2.31. The standard InChI is InChI=1S/C31H29FN4O5/c32-23-12-18(15-33)4-5-20(23)17-40-27-3-1-2-24(34-27)19-6-9-31(10-7-19)14-22(31)28-35-25-13-26(30(37)38)41-29(25)36(28)16-21-8-11-39-21/h1-5,12-13,19,21-22H,6-11,14,16-17H2,(H,37,38)/t19?,21-,22?,31?/m0/s1. The van der Waals surface area contributed by atoms with Crippen LogP contribution in [0.1, 0.15) is 83.6 Å². The number of hydrogen-bond donors (Lipinski definition) is 1. The molecular formula is C31H29FN4O5. The van der Waals surface area contributed by atoms with E-state index in [1.807, 2.05) is 18.2 Å². The second-order valence-electron chi connectivity index (χ2n) is 11.5. The Morgan fingerprint density at radius 3 is 2.73 bits per heavy atom. The molecule has 210 valence electrons. The average molecular weight is 557 g/mol. The number of halogens is 1. The first kappa shape index (κ1) is 25.7. The fourth-order valence-electron chi connectivity index (χ4n) is 6.49. The lowest BCUT2D eigenvalue weighted by molar-refractivity contribution is -0.0594. The molecule has 0 bridgehead atoms. The van der Waals surface area contributed by atoms with Crippen molar-refractivity contribution in [2.75, 3.05) is 6.61 Å². The SMILES string of the molecule is N#Cc1ccc(COc2cccc(C3CCC4(CC3)CC4c3nc4cc(C(=O)O)oc4n3C[C@@H]3CCO3)n2)c(F)c1. The Morgan fingerprint density at radius 1 is 1.20 bits per heavy atom. The second kappa shape index (κ2) is 10.00. The fraction of sp³-hybridized carbons (Fsp3) is 0.419. The fourth-order valence-corrected chi connectivity index (χ4v) is 6.49. The Balaban J connectivity index is 1.02. The number of ether oxygens (including phenoxy) is 2. The Hall–Kier alpha value is -4.23. The summed E-state index contributed by atoms with van der Waals surface area (Å²) < 4.78 is 33.5. The molecule has 1 spiro atoms. The van der Waals surface area contributed by atoms with E-state index in [4.69, 9.17) is 29.1 Å². The van der Waals surface area contributed by atoms with E-state index < -0.39 is 11.8 Å². The highest BCUT2D eigenvalue weighted by molar-refractivity contribution is 5.89. The summed E-state index contributed by atoms with van der Waals surface area (Å²) in [5, 5.41) is 18.3. The topological polar surface area (TPSA) is 123 Å². The van der Waals surface area contributed by atoms with Crippen LogP contribution in [-0.2, 0) is 17.9 Å². The minimum absolute atomic E-state index is 0.0405. The minimum atomic E-state index is -1.10. The van der Waals surface area contributed by atoms with E-state index in [2.05, 4.69) is 4.57 Å². The predicted molar refractivity (Wildman–Crippen MR) is 144 cm³/mol. The van der Waals surface area contributed by atoms with Crippen LogP contribution < -0.4 is 4.74 Å². The lowest BCUT2D eigenvalue weighted by atomic mass is 9.77. The molecule has 3 aliphatic rings. The summed E-state index contributed by atoms with van der Waals surface area (Å²) in [7, 11) is 0. The summed E-state index contributed by atoms with van der Waals surface area (Å²) in [6, 6.07) is 13.5. The number of carboxylic acid groups (broad SMARTS) is 1. The highest BCUT2D eigenvalue weighted by Gasteiger charge is 2.58. The molecule has 1 N–H and O–H groups in total. The van der Waals surface area contributed by atoms with E-state index in [0.717, 1.165) is 56.7 Å². The zero-order valence-electron chi connectivity index (χ0n) is 22.4. The van der Waals surface area contributed by atoms with Gasteiger partial charge in [0, 0.05) is 41.8 Å². The predicted octanol–water partition coefficient (Wildman–Crippen LogP) is 5.93. The number of fused-ring (bicyclic) bond motifs is 1. The van der Waals surface area contributed by atoms with Crippen molar-refractivity contribution in [1.29, 1.82) is 5.26 Å². The van der Waals surface area contributed by atoms with Gasteiger partial charge in [-0.15, -0.1) is 0 Å². The highest BCUT2D eigenvalue weighted by atomic mass is 19.1. The molecule has 1 aromatic carbocycles. The maximum atomic E-state index is 14.3. The van der Waals surface area contributed by atoms with Crippen LogP contribution >= 0.6 is 0 Å². The Kier molecular flexibility index (Phi) is 6.27. The first-order chi connectivity index (χ1) is 19.9. The van der Waals surface area contributed by atoms with Gasteiger partial charge in [-0.3, -0.25) is 4.57 Å². The Labute approximate surface area is 235 Å². The number of hydrogen-bond acceptors (Lipinski definition) is 7. The summed E-state index contributed by atoms with van der Waals surface area (Å²) in [5.41, 5.74) is 2.94. The van der Waals surface area contributed by atoms with Gasteiger partial charge in [0.05, 0.1) is 24.3 Å². The van der Waals surface area contributed by atoms with Crippen molar-refractivity contribution < 1.29 is 28.2 Å². The monoisotopic (exact) mass is 556 g/mol. The average Bonchev–Trinajstić information content (AvgIpc) is 3.30. The molecule has 2 aliphatic carbocycles. The van der Waals surface area contributed by atoms with Crippen LogP contribution in [0.3, 0.4) is 0 Å². The van der Waals surface area contributed by atoms with Gasteiger partial charge in [-0.05, 0) is 62.1 Å². The quantitative estimate of drug-likeness (QED) is 0.283.